The highest BCUT2D eigenvalue weighted by atomic mass is 35.5. The summed E-state index contributed by atoms with van der Waals surface area (Å²) >= 11 is 11.0. The molecule has 2 nitrogen and oxygen atoms in total. The second-order valence-corrected chi connectivity index (χ2v) is 4.39. The molecule has 0 N–H and O–H groups in total. The number of carbonyl (C=O) groups is 1. The molecule has 0 aliphatic rings. The zero-order chi connectivity index (χ0) is 11.3. The lowest BCUT2D eigenvalue weighted by Gasteiger charge is -2.17. The van der Waals surface area contributed by atoms with E-state index in [2.05, 4.69) is 0 Å². The van der Waals surface area contributed by atoms with Crippen molar-refractivity contribution in [1.29, 1.82) is 0 Å². The van der Waals surface area contributed by atoms with Gasteiger partial charge in [-0.2, -0.15) is 0 Å². The molecule has 0 atom stereocenters. The van der Waals surface area contributed by atoms with Gasteiger partial charge in [-0.3, -0.25) is 4.79 Å². The van der Waals surface area contributed by atoms with E-state index < -0.39 is 4.84 Å². The molecule has 0 unspecified atom stereocenters. The number of benzene rings is 1. The third kappa shape index (κ3) is 4.10. The average molecular weight is 246 g/mol. The van der Waals surface area contributed by atoms with Crippen LogP contribution in [0.15, 0.2) is 30.3 Å². The van der Waals surface area contributed by atoms with Gasteiger partial charge in [0.25, 0.3) is 5.91 Å². The Morgan fingerprint density at radius 3 is 2.47 bits per heavy atom. The summed E-state index contributed by atoms with van der Waals surface area (Å²) in [5.41, 5.74) is 1.19. The third-order valence-corrected chi connectivity index (χ3v) is 2.51. The van der Waals surface area contributed by atoms with Crippen molar-refractivity contribution in [3.8, 4) is 0 Å². The van der Waals surface area contributed by atoms with E-state index in [0.29, 0.717) is 6.54 Å². The zero-order valence-corrected chi connectivity index (χ0v) is 10.0. The molecule has 1 rings (SSSR count). The van der Waals surface area contributed by atoms with Crippen molar-refractivity contribution >= 4 is 29.1 Å². The number of likely N-dealkylation sites (N-methyl/N-ethyl adjacent to an activating group) is 1. The standard InChI is InChI=1S/C11H13Cl2NO/c1-14(11(15)10(12)13)8-7-9-5-3-2-4-6-9/h2-6,10H,7-8H2,1H3. The number of alkyl halides is 2. The summed E-state index contributed by atoms with van der Waals surface area (Å²) in [5, 5.41) is 0. The van der Waals surface area contributed by atoms with E-state index in [1.807, 2.05) is 30.3 Å². The molecular weight excluding hydrogens is 233 g/mol. The molecule has 82 valence electrons. The first kappa shape index (κ1) is 12.3. The summed E-state index contributed by atoms with van der Waals surface area (Å²) in [6.45, 7) is 0.624. The van der Waals surface area contributed by atoms with Crippen LogP contribution in [-0.4, -0.2) is 29.2 Å². The van der Waals surface area contributed by atoms with Gasteiger partial charge in [0.05, 0.1) is 0 Å². The van der Waals surface area contributed by atoms with Crippen LogP contribution in [0.2, 0.25) is 0 Å². The van der Waals surface area contributed by atoms with Crippen molar-refractivity contribution in [2.75, 3.05) is 13.6 Å². The molecule has 0 aliphatic heterocycles. The topological polar surface area (TPSA) is 20.3 Å². The highest BCUT2D eigenvalue weighted by Gasteiger charge is 2.15. The Morgan fingerprint density at radius 1 is 1.33 bits per heavy atom. The largest absolute Gasteiger partial charge is 0.343 e. The van der Waals surface area contributed by atoms with Gasteiger partial charge in [-0.15, -0.1) is 0 Å². The van der Waals surface area contributed by atoms with Crippen LogP contribution in [0.1, 0.15) is 5.56 Å². The summed E-state index contributed by atoms with van der Waals surface area (Å²) in [7, 11) is 1.70. The van der Waals surface area contributed by atoms with E-state index in [0.717, 1.165) is 6.42 Å². The van der Waals surface area contributed by atoms with Crippen molar-refractivity contribution in [1.82, 2.24) is 4.90 Å². The maximum atomic E-state index is 11.3. The molecular formula is C11H13Cl2NO. The second kappa shape index (κ2) is 5.99. The highest BCUT2D eigenvalue weighted by molar-refractivity contribution is 6.53. The van der Waals surface area contributed by atoms with Gasteiger partial charge in [0.2, 0.25) is 0 Å². The van der Waals surface area contributed by atoms with E-state index in [1.165, 1.54) is 10.5 Å². The minimum absolute atomic E-state index is 0.255. The maximum absolute atomic E-state index is 11.3. The van der Waals surface area contributed by atoms with Crippen molar-refractivity contribution in [2.24, 2.45) is 0 Å². The molecule has 15 heavy (non-hydrogen) atoms. The lowest BCUT2D eigenvalue weighted by atomic mass is 10.1. The first-order valence-electron chi connectivity index (χ1n) is 4.68. The van der Waals surface area contributed by atoms with Gasteiger partial charge in [-0.25, -0.2) is 0 Å². The Hall–Kier alpha value is -0.730. The Labute approximate surface area is 99.8 Å². The van der Waals surface area contributed by atoms with Crippen molar-refractivity contribution in [2.45, 2.75) is 11.3 Å². The normalized spacial score (nSPS) is 10.4. The molecule has 1 aromatic rings. The zero-order valence-electron chi connectivity index (χ0n) is 8.49. The fourth-order valence-electron chi connectivity index (χ4n) is 1.22. The van der Waals surface area contributed by atoms with Crippen LogP contribution in [0.3, 0.4) is 0 Å². The number of rotatable bonds is 4. The molecule has 4 heteroatoms. The van der Waals surface area contributed by atoms with Crippen LogP contribution < -0.4 is 0 Å². The number of nitrogens with zero attached hydrogens (tertiary/aromatic N) is 1. The van der Waals surface area contributed by atoms with Crippen LogP contribution in [0.4, 0.5) is 0 Å². The minimum atomic E-state index is -0.967. The Morgan fingerprint density at radius 2 is 1.93 bits per heavy atom. The predicted octanol–water partition coefficient (Wildman–Crippen LogP) is 2.49. The highest BCUT2D eigenvalue weighted by Crippen LogP contribution is 2.07. The minimum Gasteiger partial charge on any atom is -0.343 e. The number of hydrogen-bond donors (Lipinski definition) is 0. The van der Waals surface area contributed by atoms with Crippen LogP contribution >= 0.6 is 23.2 Å². The first-order valence-corrected chi connectivity index (χ1v) is 5.55. The molecule has 0 heterocycles. The molecule has 0 aliphatic carbocycles. The molecule has 0 aromatic heterocycles. The lowest BCUT2D eigenvalue weighted by molar-refractivity contribution is -0.128. The third-order valence-electron chi connectivity index (χ3n) is 2.14. The second-order valence-electron chi connectivity index (χ2n) is 3.30. The van der Waals surface area contributed by atoms with Gasteiger partial charge >= 0.3 is 0 Å². The SMILES string of the molecule is CN(CCc1ccccc1)C(=O)C(Cl)Cl. The van der Waals surface area contributed by atoms with Gasteiger partial charge in [0.15, 0.2) is 4.84 Å². The van der Waals surface area contributed by atoms with E-state index in [-0.39, 0.29) is 5.91 Å². The fourth-order valence-corrected chi connectivity index (χ4v) is 1.55. The molecule has 0 saturated carbocycles. The average Bonchev–Trinajstić information content (AvgIpc) is 2.26. The number of carbonyl (C=O) groups excluding carboxylic acids is 1. The molecule has 0 fully saturated rings. The molecule has 1 aromatic carbocycles. The van der Waals surface area contributed by atoms with Crippen molar-refractivity contribution < 1.29 is 4.79 Å². The summed E-state index contributed by atoms with van der Waals surface area (Å²) < 4.78 is 0. The van der Waals surface area contributed by atoms with Crippen LogP contribution in [0, 0.1) is 0 Å². The van der Waals surface area contributed by atoms with E-state index >= 15 is 0 Å². The first-order chi connectivity index (χ1) is 7.11. The number of halogens is 2. The molecule has 0 saturated heterocycles. The van der Waals surface area contributed by atoms with Gasteiger partial charge in [0, 0.05) is 13.6 Å². The van der Waals surface area contributed by atoms with Gasteiger partial charge in [-0.1, -0.05) is 53.5 Å². The van der Waals surface area contributed by atoms with Gasteiger partial charge in [0.1, 0.15) is 0 Å². The Kier molecular flexibility index (Phi) is 4.92. The van der Waals surface area contributed by atoms with Crippen molar-refractivity contribution in [3.63, 3.8) is 0 Å². The van der Waals surface area contributed by atoms with Gasteiger partial charge in [-0.05, 0) is 12.0 Å². The summed E-state index contributed by atoms with van der Waals surface area (Å²) in [4.78, 5) is 11.9. The maximum Gasteiger partial charge on any atom is 0.255 e. The summed E-state index contributed by atoms with van der Waals surface area (Å²) in [6, 6.07) is 9.96. The molecule has 0 radical (unpaired) electrons. The Bertz CT molecular complexity index is 314. The van der Waals surface area contributed by atoms with Crippen LogP contribution in [0.5, 0.6) is 0 Å². The number of amides is 1. The molecule has 1 amide bonds. The molecule has 0 spiro atoms. The molecule has 0 bridgehead atoms. The van der Waals surface area contributed by atoms with Gasteiger partial charge < -0.3 is 4.90 Å². The number of hydrogen-bond acceptors (Lipinski definition) is 1. The summed E-state index contributed by atoms with van der Waals surface area (Å²) in [6.07, 6.45) is 0.809. The van der Waals surface area contributed by atoms with E-state index in [1.54, 1.807) is 7.05 Å². The lowest BCUT2D eigenvalue weighted by Crippen LogP contribution is -2.32. The summed E-state index contributed by atoms with van der Waals surface area (Å²) in [5.74, 6) is -0.255. The monoisotopic (exact) mass is 245 g/mol. The smallest absolute Gasteiger partial charge is 0.255 e. The van der Waals surface area contributed by atoms with E-state index in [4.69, 9.17) is 23.2 Å². The quantitative estimate of drug-likeness (QED) is 0.747. The van der Waals surface area contributed by atoms with Crippen LogP contribution in [-0.2, 0) is 11.2 Å². The van der Waals surface area contributed by atoms with Crippen LogP contribution in [0.25, 0.3) is 0 Å². The fraction of sp³-hybridized carbons (Fsp3) is 0.364. The van der Waals surface area contributed by atoms with E-state index in [9.17, 15) is 4.79 Å². The predicted molar refractivity (Wildman–Crippen MR) is 63.3 cm³/mol. The Balaban J connectivity index is 2.41. The van der Waals surface area contributed by atoms with Crippen molar-refractivity contribution in [3.05, 3.63) is 35.9 Å².